The van der Waals surface area contributed by atoms with Gasteiger partial charge in [-0.3, -0.25) is 34.1 Å². The maximum Gasteiger partial charge on any atom is 0.324 e. The number of hydrogen-bond donors (Lipinski definition) is 2. The van der Waals surface area contributed by atoms with Crippen molar-refractivity contribution in [2.75, 3.05) is 67.6 Å². The van der Waals surface area contributed by atoms with Gasteiger partial charge in [0.15, 0.2) is 0 Å². The van der Waals surface area contributed by atoms with Gasteiger partial charge >= 0.3 is 12.0 Å². The van der Waals surface area contributed by atoms with Crippen LogP contribution in [0.15, 0.2) is 41.9 Å². The predicted molar refractivity (Wildman–Crippen MR) is 265 cm³/mol. The van der Waals surface area contributed by atoms with E-state index in [4.69, 9.17) is 19.4 Å². The molecule has 372 valence electrons. The summed E-state index contributed by atoms with van der Waals surface area (Å²) in [5.41, 5.74) is 8.84. The molecule has 2 N–H and O–H groups in total. The topological polar surface area (TPSA) is 175 Å². The van der Waals surface area contributed by atoms with E-state index in [9.17, 15) is 24.0 Å². The quantitative estimate of drug-likeness (QED) is 0.192. The van der Waals surface area contributed by atoms with Gasteiger partial charge in [0.1, 0.15) is 23.7 Å². The highest BCUT2D eigenvalue weighted by Gasteiger charge is 2.54. The minimum atomic E-state index is -1.08. The number of hydrazine groups is 1. The summed E-state index contributed by atoms with van der Waals surface area (Å²) in [5, 5.41) is 8.15. The molecule has 5 amide bonds. The Kier molecular flexibility index (Phi) is 14.6. The maximum absolute atomic E-state index is 14.7. The lowest BCUT2D eigenvalue weighted by Crippen LogP contribution is -2.63. The SMILES string of the molecule is CCn1c(-c2cccnc2[C@H](C)OC)c2c3cc(ccc31)-c1csc(n1)C[C@H](NC(=O)[C@H](C(C)C)N(C)C(=O)N1CCN(C(=O)C3(N(C)C)CC3)CC1)C(=O)N1CCC[C@H](N1)C(=O)OCC(C)(C)C2. The molecule has 69 heavy (non-hydrogen) atoms. The number of thiazole rings is 1. The highest BCUT2D eigenvalue weighted by Crippen LogP contribution is 2.43. The summed E-state index contributed by atoms with van der Waals surface area (Å²) in [6, 6.07) is 7.32. The Morgan fingerprint density at radius 1 is 1.03 bits per heavy atom. The van der Waals surface area contributed by atoms with Crippen LogP contribution in [-0.2, 0) is 48.0 Å². The fourth-order valence-corrected chi connectivity index (χ4v) is 11.3. The van der Waals surface area contributed by atoms with Crippen LogP contribution < -0.4 is 10.7 Å². The Morgan fingerprint density at radius 3 is 2.42 bits per heavy atom. The van der Waals surface area contributed by atoms with Gasteiger partial charge in [0.05, 0.1) is 34.8 Å². The first-order valence-electron chi connectivity index (χ1n) is 24.5. The number of rotatable bonds is 10. The number of benzene rings is 1. The van der Waals surface area contributed by atoms with Crippen LogP contribution in [0.2, 0.25) is 0 Å². The molecule has 4 aliphatic rings. The summed E-state index contributed by atoms with van der Waals surface area (Å²) in [6.45, 7) is 14.7. The van der Waals surface area contributed by atoms with Crippen LogP contribution in [0.3, 0.4) is 0 Å². The van der Waals surface area contributed by atoms with Crippen LogP contribution in [-0.4, -0.2) is 160 Å². The van der Waals surface area contributed by atoms with Crippen LogP contribution >= 0.6 is 11.3 Å². The fraction of sp³-hybridized carbons (Fsp3) is 0.588. The monoisotopic (exact) mass is 967 g/mol. The van der Waals surface area contributed by atoms with Crippen molar-refractivity contribution < 1.29 is 33.4 Å². The van der Waals surface area contributed by atoms with Gasteiger partial charge in [0.2, 0.25) is 11.8 Å². The highest BCUT2D eigenvalue weighted by molar-refractivity contribution is 7.10. The molecule has 3 aliphatic heterocycles. The first-order valence-corrected chi connectivity index (χ1v) is 25.4. The normalized spacial score (nSPS) is 21.5. The molecule has 3 fully saturated rings. The zero-order valence-electron chi connectivity index (χ0n) is 42.0. The molecule has 4 aromatic rings. The number of piperazine rings is 1. The molecule has 0 radical (unpaired) electrons. The molecule has 2 saturated heterocycles. The molecule has 18 heteroatoms. The zero-order valence-corrected chi connectivity index (χ0v) is 42.8. The van der Waals surface area contributed by atoms with Gasteiger partial charge in [-0.05, 0) is 95.8 Å². The molecule has 6 bridgehead atoms. The van der Waals surface area contributed by atoms with E-state index in [2.05, 4.69) is 60.3 Å². The third-order valence-corrected chi connectivity index (χ3v) is 15.5. The smallest absolute Gasteiger partial charge is 0.324 e. The number of nitrogens with zero attached hydrogens (tertiary/aromatic N) is 8. The Hall–Kier alpha value is -5.43. The number of likely N-dealkylation sites (N-methyl/N-ethyl adjacent to an activating group) is 2. The summed E-state index contributed by atoms with van der Waals surface area (Å²) < 4.78 is 14.3. The second kappa shape index (κ2) is 20.1. The highest BCUT2D eigenvalue weighted by atomic mass is 32.1. The van der Waals surface area contributed by atoms with Gasteiger partial charge in [-0.15, -0.1) is 11.3 Å². The molecule has 0 spiro atoms. The summed E-state index contributed by atoms with van der Waals surface area (Å²) in [7, 11) is 7.17. The molecule has 17 nitrogen and oxygen atoms in total. The van der Waals surface area contributed by atoms with Crippen molar-refractivity contribution in [3.05, 3.63) is 58.2 Å². The number of methoxy groups -OCH3 is 1. The Balaban J connectivity index is 1.10. The lowest BCUT2D eigenvalue weighted by atomic mass is 9.84. The average Bonchev–Trinajstić information content (AvgIpc) is 3.95. The van der Waals surface area contributed by atoms with E-state index in [1.807, 2.05) is 56.1 Å². The number of esters is 1. The Bertz CT molecular complexity index is 2580. The van der Waals surface area contributed by atoms with E-state index in [1.54, 1.807) is 25.3 Å². The molecular formula is C51H70N10O7S. The van der Waals surface area contributed by atoms with Gasteiger partial charge in [0, 0.05) is 98.9 Å². The summed E-state index contributed by atoms with van der Waals surface area (Å²) in [6.07, 6.45) is 4.86. The predicted octanol–water partition coefficient (Wildman–Crippen LogP) is 5.52. The molecule has 3 aromatic heterocycles. The van der Waals surface area contributed by atoms with Gasteiger partial charge in [-0.25, -0.2) is 15.2 Å². The first-order chi connectivity index (χ1) is 32.9. The molecule has 6 heterocycles. The van der Waals surface area contributed by atoms with Crippen molar-refractivity contribution in [1.29, 1.82) is 0 Å². The average molecular weight is 967 g/mol. The number of carbonyl (C=O) groups excluding carboxylic acids is 5. The second-order valence-corrected chi connectivity index (χ2v) is 21.5. The number of ether oxygens (including phenoxy) is 2. The van der Waals surface area contributed by atoms with Crippen molar-refractivity contribution in [3.63, 3.8) is 0 Å². The van der Waals surface area contributed by atoms with Crippen molar-refractivity contribution >= 4 is 52.0 Å². The first kappa shape index (κ1) is 50.0. The number of cyclic esters (lactones) is 1. The molecule has 4 atom stereocenters. The number of aromatic nitrogens is 3. The van der Waals surface area contributed by atoms with Crippen molar-refractivity contribution in [1.82, 2.24) is 49.9 Å². The lowest BCUT2D eigenvalue weighted by molar-refractivity contribution is -0.155. The van der Waals surface area contributed by atoms with E-state index in [0.717, 1.165) is 57.5 Å². The van der Waals surface area contributed by atoms with Crippen LogP contribution in [0.1, 0.15) is 89.6 Å². The standard InChI is InChI=1S/C51H70N10O7S/c1-11-60-40-17-16-33-26-35(40)36(44(60)34-14-12-20-52-42(34)32(4)67-10)28-50(5,6)30-68-47(64)37-15-13-21-61(55-37)46(63)38(27-41-53-39(33)29-69-41)54-45(62)43(31(2)3)57(9)49(66)59-24-22-58(23-25-59)48(65)51(18-19-51)56(7)8/h12,14,16-17,20,26,29,31-32,37-38,43,55H,11,13,15,18-19,21-25,27-28,30H2,1-10H3,(H,54,62)/t32-,37-,38-,43-/m0/s1. The van der Waals surface area contributed by atoms with E-state index < -0.39 is 46.9 Å². The minimum absolute atomic E-state index is 0.0783. The van der Waals surface area contributed by atoms with Crippen LogP contribution in [0, 0.1) is 11.3 Å². The third-order valence-electron chi connectivity index (χ3n) is 14.6. The van der Waals surface area contributed by atoms with Gasteiger partial charge in [-0.2, -0.15) is 0 Å². The zero-order chi connectivity index (χ0) is 49.5. The molecule has 1 aromatic carbocycles. The second-order valence-electron chi connectivity index (χ2n) is 20.6. The van der Waals surface area contributed by atoms with E-state index in [1.165, 1.54) is 21.2 Å². The third kappa shape index (κ3) is 9.99. The van der Waals surface area contributed by atoms with Crippen LogP contribution in [0.4, 0.5) is 4.79 Å². The van der Waals surface area contributed by atoms with E-state index in [0.29, 0.717) is 63.5 Å². The number of urea groups is 1. The Labute approximate surface area is 409 Å². The minimum Gasteiger partial charge on any atom is -0.464 e. The van der Waals surface area contributed by atoms with Crippen molar-refractivity contribution in [2.45, 2.75) is 116 Å². The summed E-state index contributed by atoms with van der Waals surface area (Å²) in [4.78, 5) is 87.6. The number of aryl methyl sites for hydroxylation is 1. The fourth-order valence-electron chi connectivity index (χ4n) is 10.5. The van der Waals surface area contributed by atoms with Gasteiger partial charge in [-0.1, -0.05) is 33.8 Å². The number of fused-ring (bicyclic) bond motifs is 6. The van der Waals surface area contributed by atoms with E-state index in [-0.39, 0.29) is 37.0 Å². The molecule has 0 unspecified atom stereocenters. The van der Waals surface area contributed by atoms with Gasteiger partial charge < -0.3 is 34.1 Å². The summed E-state index contributed by atoms with van der Waals surface area (Å²) >= 11 is 1.41. The Morgan fingerprint density at radius 2 is 1.75 bits per heavy atom. The molecule has 8 rings (SSSR count). The summed E-state index contributed by atoms with van der Waals surface area (Å²) in [5.74, 6) is -1.56. The maximum atomic E-state index is 14.7. The van der Waals surface area contributed by atoms with Crippen LogP contribution in [0.25, 0.3) is 33.4 Å². The lowest BCUT2D eigenvalue weighted by Gasteiger charge is -2.41. The molecule has 1 saturated carbocycles. The molecule has 1 aliphatic carbocycles. The largest absolute Gasteiger partial charge is 0.464 e. The van der Waals surface area contributed by atoms with Crippen LogP contribution in [0.5, 0.6) is 0 Å². The molecular weight excluding hydrogens is 897 g/mol. The van der Waals surface area contributed by atoms with Crippen molar-refractivity contribution in [3.8, 4) is 22.5 Å². The van der Waals surface area contributed by atoms with Gasteiger partial charge in [0.25, 0.3) is 5.91 Å². The number of carbonyl (C=O) groups is 5. The number of pyridine rings is 1. The number of amides is 5. The number of hydrogen-bond acceptors (Lipinski definition) is 12. The number of nitrogens with one attached hydrogen (secondary N) is 2. The van der Waals surface area contributed by atoms with E-state index >= 15 is 0 Å². The van der Waals surface area contributed by atoms with Crippen molar-refractivity contribution in [2.24, 2.45) is 11.3 Å².